The van der Waals surface area contributed by atoms with Crippen molar-refractivity contribution in [3.8, 4) is 5.75 Å². The first-order valence-electron chi connectivity index (χ1n) is 8.02. The van der Waals surface area contributed by atoms with Crippen LogP contribution in [-0.4, -0.2) is 46.8 Å². The van der Waals surface area contributed by atoms with Crippen molar-refractivity contribution < 1.29 is 27.5 Å². The number of thiophene rings is 1. The van der Waals surface area contributed by atoms with Gasteiger partial charge in [0.2, 0.25) is 10.0 Å². The molecule has 0 unspecified atom stereocenters. The molecule has 11 heteroatoms. The van der Waals surface area contributed by atoms with Crippen molar-refractivity contribution in [3.05, 3.63) is 45.1 Å². The number of anilines is 1. The van der Waals surface area contributed by atoms with E-state index >= 15 is 0 Å². The molecule has 1 amide bonds. The Hall–Kier alpha value is -2.14. The molecule has 0 saturated carbocycles. The maximum absolute atomic E-state index is 12.1. The molecular formula is C17H19ClN2O6S2. The SMILES string of the molecule is COc1ccc(Cl)cc1NC(=O)COC(=O)c1ccc(CCNS(C)(=O)=O)s1. The molecule has 0 fully saturated rings. The smallest absolute Gasteiger partial charge is 0.348 e. The zero-order valence-corrected chi connectivity index (χ0v) is 17.5. The summed E-state index contributed by atoms with van der Waals surface area (Å²) in [5, 5.41) is 2.99. The lowest BCUT2D eigenvalue weighted by Gasteiger charge is -2.10. The van der Waals surface area contributed by atoms with E-state index in [1.165, 1.54) is 24.5 Å². The highest BCUT2D eigenvalue weighted by Gasteiger charge is 2.14. The highest BCUT2D eigenvalue weighted by Crippen LogP contribution is 2.27. The molecule has 0 aliphatic heterocycles. The zero-order chi connectivity index (χ0) is 20.7. The van der Waals surface area contributed by atoms with Gasteiger partial charge in [-0.25, -0.2) is 17.9 Å². The Labute approximate surface area is 171 Å². The molecule has 1 aromatic heterocycles. The van der Waals surface area contributed by atoms with E-state index in [-0.39, 0.29) is 6.54 Å². The molecule has 2 aromatic rings. The van der Waals surface area contributed by atoms with Crippen LogP contribution in [0.25, 0.3) is 0 Å². The standard InChI is InChI=1S/C17H19ClN2O6S2/c1-25-14-5-3-11(18)9-13(14)20-16(21)10-26-17(22)15-6-4-12(27-15)7-8-19-28(2,23)24/h3-6,9,19H,7-8,10H2,1-2H3,(H,20,21). The van der Waals surface area contributed by atoms with E-state index in [1.807, 2.05) is 0 Å². The molecule has 0 aliphatic rings. The summed E-state index contributed by atoms with van der Waals surface area (Å²) in [6, 6.07) is 8.03. The van der Waals surface area contributed by atoms with Gasteiger partial charge in [0.25, 0.3) is 5.91 Å². The molecule has 152 valence electrons. The van der Waals surface area contributed by atoms with Crippen molar-refractivity contribution in [3.63, 3.8) is 0 Å². The van der Waals surface area contributed by atoms with Crippen molar-refractivity contribution in [1.82, 2.24) is 4.72 Å². The molecule has 2 N–H and O–H groups in total. The second kappa shape index (κ2) is 9.87. The van der Waals surface area contributed by atoms with Gasteiger partial charge in [0.1, 0.15) is 10.6 Å². The first-order chi connectivity index (χ1) is 13.2. The van der Waals surface area contributed by atoms with Crippen LogP contribution in [0.5, 0.6) is 5.75 Å². The van der Waals surface area contributed by atoms with E-state index in [1.54, 1.807) is 24.3 Å². The number of nitrogens with one attached hydrogen (secondary N) is 2. The van der Waals surface area contributed by atoms with E-state index in [0.717, 1.165) is 11.1 Å². The Balaban J connectivity index is 1.85. The van der Waals surface area contributed by atoms with Gasteiger partial charge in [-0.05, 0) is 36.8 Å². The Bertz CT molecular complexity index is 958. The fraction of sp³-hybridized carbons (Fsp3) is 0.294. The van der Waals surface area contributed by atoms with E-state index in [2.05, 4.69) is 10.0 Å². The van der Waals surface area contributed by atoms with Gasteiger partial charge < -0.3 is 14.8 Å². The van der Waals surface area contributed by atoms with Crippen LogP contribution >= 0.6 is 22.9 Å². The third-order valence-corrected chi connectivity index (χ3v) is 5.46. The summed E-state index contributed by atoms with van der Waals surface area (Å²) in [6.07, 6.45) is 1.52. The lowest BCUT2D eigenvalue weighted by atomic mass is 10.3. The lowest BCUT2D eigenvalue weighted by molar-refractivity contribution is -0.119. The van der Waals surface area contributed by atoms with E-state index < -0.39 is 28.5 Å². The van der Waals surface area contributed by atoms with Crippen LogP contribution in [0.2, 0.25) is 5.02 Å². The minimum absolute atomic E-state index is 0.234. The Morgan fingerprint density at radius 1 is 1.21 bits per heavy atom. The second-order valence-corrected chi connectivity index (χ2v) is 9.09. The van der Waals surface area contributed by atoms with Crippen molar-refractivity contribution >= 4 is 50.5 Å². The molecule has 0 spiro atoms. The number of amides is 1. The van der Waals surface area contributed by atoms with Crippen molar-refractivity contribution in [2.75, 3.05) is 31.8 Å². The average molecular weight is 447 g/mol. The average Bonchev–Trinajstić information content (AvgIpc) is 3.08. The molecular weight excluding hydrogens is 428 g/mol. The van der Waals surface area contributed by atoms with Crippen molar-refractivity contribution in [2.24, 2.45) is 0 Å². The van der Waals surface area contributed by atoms with Crippen LogP contribution in [0.15, 0.2) is 30.3 Å². The lowest BCUT2D eigenvalue weighted by Crippen LogP contribution is -2.24. The number of carbonyl (C=O) groups excluding carboxylic acids is 2. The number of carbonyl (C=O) groups is 2. The Morgan fingerprint density at radius 2 is 1.96 bits per heavy atom. The van der Waals surface area contributed by atoms with Gasteiger partial charge in [-0.3, -0.25) is 4.79 Å². The number of methoxy groups -OCH3 is 1. The number of benzene rings is 1. The van der Waals surface area contributed by atoms with E-state index in [9.17, 15) is 18.0 Å². The normalized spacial score (nSPS) is 11.1. The number of hydrogen-bond donors (Lipinski definition) is 2. The van der Waals surface area contributed by atoms with Crippen LogP contribution in [0.1, 0.15) is 14.5 Å². The number of ether oxygens (including phenoxy) is 2. The van der Waals surface area contributed by atoms with Gasteiger partial charge in [-0.2, -0.15) is 0 Å². The van der Waals surface area contributed by atoms with Gasteiger partial charge in [0, 0.05) is 16.4 Å². The third kappa shape index (κ3) is 7.12. The van der Waals surface area contributed by atoms with Crippen LogP contribution in [0.3, 0.4) is 0 Å². The summed E-state index contributed by atoms with van der Waals surface area (Å²) >= 11 is 7.08. The predicted octanol–water partition coefficient (Wildman–Crippen LogP) is 2.30. The first kappa shape index (κ1) is 22.2. The number of hydrogen-bond acceptors (Lipinski definition) is 7. The summed E-state index contributed by atoms with van der Waals surface area (Å²) in [4.78, 5) is 25.2. The van der Waals surface area contributed by atoms with Gasteiger partial charge in [0.05, 0.1) is 19.1 Å². The molecule has 0 atom stereocenters. The predicted molar refractivity (Wildman–Crippen MR) is 108 cm³/mol. The highest BCUT2D eigenvalue weighted by atomic mass is 35.5. The molecule has 1 aromatic carbocycles. The molecule has 0 saturated heterocycles. The highest BCUT2D eigenvalue weighted by molar-refractivity contribution is 7.88. The molecule has 1 heterocycles. The van der Waals surface area contributed by atoms with Crippen LogP contribution in [-0.2, 0) is 26.0 Å². The number of sulfonamides is 1. The molecule has 8 nitrogen and oxygen atoms in total. The fourth-order valence-corrected chi connectivity index (χ4v) is 3.69. The molecule has 0 radical (unpaired) electrons. The van der Waals surface area contributed by atoms with Crippen molar-refractivity contribution in [1.29, 1.82) is 0 Å². The summed E-state index contributed by atoms with van der Waals surface area (Å²) in [5.41, 5.74) is 0.368. The van der Waals surface area contributed by atoms with Crippen LogP contribution in [0, 0.1) is 0 Å². The first-order valence-corrected chi connectivity index (χ1v) is 11.1. The Kier molecular flexibility index (Phi) is 7.81. The summed E-state index contributed by atoms with van der Waals surface area (Å²) in [7, 11) is -1.80. The minimum atomic E-state index is -3.25. The van der Waals surface area contributed by atoms with Crippen molar-refractivity contribution in [2.45, 2.75) is 6.42 Å². The third-order valence-electron chi connectivity index (χ3n) is 3.37. The minimum Gasteiger partial charge on any atom is -0.495 e. The molecule has 0 bridgehead atoms. The van der Waals surface area contributed by atoms with Gasteiger partial charge in [0.15, 0.2) is 6.61 Å². The van der Waals surface area contributed by atoms with E-state index in [0.29, 0.717) is 27.8 Å². The number of rotatable bonds is 9. The summed E-state index contributed by atoms with van der Waals surface area (Å²) < 4.78 is 34.6. The maximum Gasteiger partial charge on any atom is 0.348 e. The van der Waals surface area contributed by atoms with Gasteiger partial charge >= 0.3 is 5.97 Å². The summed E-state index contributed by atoms with van der Waals surface area (Å²) in [6.45, 7) is -0.241. The quantitative estimate of drug-likeness (QED) is 0.572. The molecule has 0 aliphatic carbocycles. The van der Waals surface area contributed by atoms with Crippen LogP contribution < -0.4 is 14.8 Å². The molecule has 2 rings (SSSR count). The van der Waals surface area contributed by atoms with Crippen LogP contribution in [0.4, 0.5) is 5.69 Å². The Morgan fingerprint density at radius 3 is 2.64 bits per heavy atom. The largest absolute Gasteiger partial charge is 0.495 e. The summed E-state index contributed by atoms with van der Waals surface area (Å²) in [5.74, 6) is -0.752. The zero-order valence-electron chi connectivity index (χ0n) is 15.2. The monoisotopic (exact) mass is 446 g/mol. The number of halogens is 1. The maximum atomic E-state index is 12.1. The topological polar surface area (TPSA) is 111 Å². The van der Waals surface area contributed by atoms with Gasteiger partial charge in [-0.1, -0.05) is 11.6 Å². The second-order valence-electron chi connectivity index (χ2n) is 5.65. The van der Waals surface area contributed by atoms with Gasteiger partial charge in [-0.15, -0.1) is 11.3 Å². The van der Waals surface area contributed by atoms with E-state index in [4.69, 9.17) is 21.1 Å². The number of esters is 1. The fourth-order valence-electron chi connectivity index (χ4n) is 2.15. The molecule has 28 heavy (non-hydrogen) atoms.